The van der Waals surface area contributed by atoms with E-state index in [1.54, 1.807) is 6.26 Å². The zero-order chi connectivity index (χ0) is 5.91. The van der Waals surface area contributed by atoms with Crippen molar-refractivity contribution >= 4 is 80.3 Å². The summed E-state index contributed by atoms with van der Waals surface area (Å²) >= 11 is 5.74. The molecule has 0 saturated carbocycles. The minimum atomic E-state index is -2.40. The number of rotatable bonds is 2. The normalized spacial score (nSPS) is 16.4. The van der Waals surface area contributed by atoms with Crippen LogP contribution in [0, 0.1) is 0 Å². The summed E-state index contributed by atoms with van der Waals surface area (Å²) in [5.74, 6) is 0. The van der Waals surface area contributed by atoms with Crippen LogP contribution in [0.2, 0.25) is 0 Å². The Morgan fingerprint density at radius 3 is 2.12 bits per heavy atom. The smallest absolute Gasteiger partial charge is 0.244 e. The van der Waals surface area contributed by atoms with E-state index in [9.17, 15) is 0 Å². The Hall–Kier alpha value is 2.56. The maximum Gasteiger partial charge on any atom is 0.244 e. The summed E-state index contributed by atoms with van der Waals surface area (Å²) in [7, 11) is 1.41. The number of hydrogen-bond donors (Lipinski definition) is 1. The van der Waals surface area contributed by atoms with E-state index in [2.05, 4.69) is 16.3 Å². The van der Waals surface area contributed by atoms with Crippen molar-refractivity contribution in [1.82, 2.24) is 0 Å². The topological polar surface area (TPSA) is 29.5 Å². The summed E-state index contributed by atoms with van der Waals surface area (Å²) < 4.78 is 4.53. The molecule has 8 heavy (non-hydrogen) atoms. The van der Waals surface area contributed by atoms with E-state index in [0.29, 0.717) is 0 Å². The maximum absolute atomic E-state index is 8.80. The van der Waals surface area contributed by atoms with Crippen molar-refractivity contribution in [3.05, 3.63) is 0 Å². The molecule has 0 heterocycles. The Balaban J connectivity index is 0. The second-order valence-corrected chi connectivity index (χ2v) is 7.26. The molecule has 0 rings (SSSR count). The van der Waals surface area contributed by atoms with Crippen molar-refractivity contribution in [3.8, 4) is 0 Å². The Bertz CT molecular complexity index is 90.0. The molecule has 1 N–H and O–H groups in total. The van der Waals surface area contributed by atoms with Gasteiger partial charge in [0.05, 0.1) is 0 Å². The van der Waals surface area contributed by atoms with E-state index >= 15 is 0 Å². The van der Waals surface area contributed by atoms with Gasteiger partial charge < -0.3 is 9.42 Å². The largest absolute Gasteiger partial charge is 0.337 e. The van der Waals surface area contributed by atoms with Crippen molar-refractivity contribution in [2.45, 2.75) is 0 Å². The predicted octanol–water partition coefficient (Wildman–Crippen LogP) is 0.832. The zero-order valence-electron chi connectivity index (χ0n) is 5.12. The Morgan fingerprint density at radius 2 is 2.12 bits per heavy atom. The van der Waals surface area contributed by atoms with Gasteiger partial charge in [0.2, 0.25) is 5.69 Å². The molecule has 0 saturated heterocycles. The first-order chi connectivity index (χ1) is 3.12. The van der Waals surface area contributed by atoms with E-state index < -0.39 is 5.69 Å². The van der Waals surface area contributed by atoms with Crippen molar-refractivity contribution in [2.75, 3.05) is 13.4 Å². The van der Waals surface area contributed by atoms with Crippen LogP contribution in [0.5, 0.6) is 0 Å². The van der Waals surface area contributed by atoms with E-state index in [1.807, 2.05) is 0 Å². The van der Waals surface area contributed by atoms with Gasteiger partial charge in [-0.3, -0.25) is 0 Å². The van der Waals surface area contributed by atoms with Gasteiger partial charge in [-0.2, -0.15) is 0 Å². The van der Waals surface area contributed by atoms with E-state index in [0.717, 1.165) is 0 Å². The van der Waals surface area contributed by atoms with Gasteiger partial charge >= 0.3 is 0 Å². The predicted molar refractivity (Wildman–Crippen MR) is 42.8 cm³/mol. The molecule has 2 nitrogen and oxygen atoms in total. The SMILES string of the molecule is COP(O)(=S)SC.[K]. The molecule has 0 aromatic carbocycles. The molecule has 1 radical (unpaired) electrons. The second kappa shape index (κ2) is 6.28. The molecule has 1 atom stereocenters. The molecule has 0 aromatic rings. The van der Waals surface area contributed by atoms with Crippen LogP contribution in [0.25, 0.3) is 0 Å². The summed E-state index contributed by atoms with van der Waals surface area (Å²) in [5, 5.41) is 0. The van der Waals surface area contributed by atoms with Crippen molar-refractivity contribution in [3.63, 3.8) is 0 Å². The molecule has 0 fully saturated rings. The molecule has 0 aliphatic carbocycles. The first-order valence-corrected chi connectivity index (χ1v) is 6.07. The van der Waals surface area contributed by atoms with Crippen molar-refractivity contribution in [1.29, 1.82) is 0 Å². The fourth-order valence-electron chi connectivity index (χ4n) is 0.0745. The average molecular weight is 197 g/mol. The molecule has 0 aromatic heterocycles. The third-order valence-corrected chi connectivity index (χ3v) is 5.00. The molecule has 0 amide bonds. The monoisotopic (exact) mass is 197 g/mol. The van der Waals surface area contributed by atoms with Gasteiger partial charge in [0.15, 0.2) is 0 Å². The molecule has 0 aliphatic heterocycles. The van der Waals surface area contributed by atoms with Gasteiger partial charge in [0, 0.05) is 58.5 Å². The van der Waals surface area contributed by atoms with Gasteiger partial charge in [0.1, 0.15) is 0 Å². The van der Waals surface area contributed by atoms with Crippen LogP contribution in [0.4, 0.5) is 0 Å². The third kappa shape index (κ3) is 6.67. The van der Waals surface area contributed by atoms with E-state index in [-0.39, 0.29) is 51.4 Å². The van der Waals surface area contributed by atoms with Crippen molar-refractivity contribution in [2.24, 2.45) is 0 Å². The Kier molecular flexibility index (Phi) is 10.3. The molecule has 1 unspecified atom stereocenters. The zero-order valence-corrected chi connectivity index (χ0v) is 10.8. The van der Waals surface area contributed by atoms with Crippen LogP contribution in [0.1, 0.15) is 0 Å². The minimum Gasteiger partial charge on any atom is -0.337 e. The summed E-state index contributed by atoms with van der Waals surface area (Å²) in [6.07, 6.45) is 1.73. The van der Waals surface area contributed by atoms with E-state index in [1.165, 1.54) is 18.5 Å². The van der Waals surface area contributed by atoms with Crippen LogP contribution in [-0.4, -0.2) is 69.6 Å². The second-order valence-electron chi connectivity index (χ2n) is 0.834. The van der Waals surface area contributed by atoms with E-state index in [4.69, 9.17) is 4.89 Å². The fraction of sp³-hybridized carbons (Fsp3) is 1.00. The summed E-state index contributed by atoms with van der Waals surface area (Å²) in [6, 6.07) is 0. The van der Waals surface area contributed by atoms with Gasteiger partial charge in [-0.1, -0.05) is 11.4 Å². The van der Waals surface area contributed by atoms with Gasteiger partial charge in [-0.25, -0.2) is 0 Å². The summed E-state index contributed by atoms with van der Waals surface area (Å²) in [4.78, 5) is 8.80. The van der Waals surface area contributed by atoms with Crippen LogP contribution < -0.4 is 0 Å². The maximum atomic E-state index is 8.80. The molecular weight excluding hydrogens is 190 g/mol. The standard InChI is InChI=1S/C2H7O2PS2.K/c1-4-5(3,6)7-2;/h1-2H3,(H,3,6);. The molecule has 45 valence electrons. The van der Waals surface area contributed by atoms with Crippen LogP contribution >= 0.6 is 17.1 Å². The fourth-order valence-corrected chi connectivity index (χ4v) is 0.671. The summed E-state index contributed by atoms with van der Waals surface area (Å²) in [6.45, 7) is 0. The molecule has 0 aliphatic rings. The third-order valence-electron chi connectivity index (χ3n) is 0.461. The molecular formula is C2H7KO2PS2. The minimum absolute atomic E-state index is 0. The van der Waals surface area contributed by atoms with Gasteiger partial charge in [-0.05, 0) is 18.1 Å². The quantitative estimate of drug-likeness (QED) is 0.524. The molecule has 0 bridgehead atoms. The summed E-state index contributed by atoms with van der Waals surface area (Å²) in [5.41, 5.74) is -2.40. The first-order valence-electron chi connectivity index (χ1n) is 1.56. The van der Waals surface area contributed by atoms with Crippen LogP contribution in [0.15, 0.2) is 0 Å². The Morgan fingerprint density at radius 1 is 1.75 bits per heavy atom. The Labute approximate surface area is 101 Å². The molecule has 0 spiro atoms. The van der Waals surface area contributed by atoms with Gasteiger partial charge in [0.25, 0.3) is 0 Å². The first kappa shape index (κ1) is 13.2. The van der Waals surface area contributed by atoms with Crippen LogP contribution in [0.3, 0.4) is 0 Å². The van der Waals surface area contributed by atoms with Crippen molar-refractivity contribution < 1.29 is 9.42 Å². The number of hydrogen-bond acceptors (Lipinski definition) is 3. The molecule has 6 heteroatoms. The van der Waals surface area contributed by atoms with Crippen LogP contribution in [-0.2, 0) is 16.3 Å². The van der Waals surface area contributed by atoms with Gasteiger partial charge in [-0.15, -0.1) is 0 Å². The average Bonchev–Trinajstić information content (AvgIpc) is 1.68.